The molecule has 0 radical (unpaired) electrons. The molecule has 0 amide bonds. The molecule has 3 nitrogen and oxygen atoms in total. The van der Waals surface area contributed by atoms with Crippen LogP contribution in [0.25, 0.3) is 0 Å². The van der Waals surface area contributed by atoms with Crippen molar-refractivity contribution in [3.63, 3.8) is 0 Å². The average molecular weight is 272 g/mol. The highest BCUT2D eigenvalue weighted by molar-refractivity contribution is 5.86. The summed E-state index contributed by atoms with van der Waals surface area (Å²) in [5.74, 6) is 0.642. The zero-order chi connectivity index (χ0) is 14.7. The van der Waals surface area contributed by atoms with Crippen molar-refractivity contribution < 1.29 is 13.9 Å². The third-order valence-electron chi connectivity index (χ3n) is 3.33. The second-order valence-electron chi connectivity index (χ2n) is 5.04. The largest absolute Gasteiger partial charge is 0.460 e. The molecular formula is C17H20O3. The summed E-state index contributed by atoms with van der Waals surface area (Å²) in [6.45, 7) is 8.43. The van der Waals surface area contributed by atoms with Crippen LogP contribution in [0.1, 0.15) is 45.5 Å². The topological polar surface area (TPSA) is 39.4 Å². The predicted octanol–water partition coefficient (Wildman–Crippen LogP) is 3.97. The highest BCUT2D eigenvalue weighted by Crippen LogP contribution is 2.21. The van der Waals surface area contributed by atoms with Gasteiger partial charge in [0.05, 0.1) is 6.61 Å². The van der Waals surface area contributed by atoms with Crippen LogP contribution < -0.4 is 0 Å². The average Bonchev–Trinajstić information content (AvgIpc) is 2.82. The number of hydrogen-bond acceptors (Lipinski definition) is 3. The normalized spacial score (nSPS) is 10.6. The lowest BCUT2D eigenvalue weighted by Gasteiger charge is -2.09. The minimum Gasteiger partial charge on any atom is -0.460 e. The molecule has 0 fully saturated rings. The van der Waals surface area contributed by atoms with E-state index in [2.05, 4.69) is 32.9 Å². The van der Waals surface area contributed by atoms with E-state index >= 15 is 0 Å². The summed E-state index contributed by atoms with van der Waals surface area (Å²) in [5.41, 5.74) is 5.00. The molecule has 2 aromatic rings. The maximum absolute atomic E-state index is 11.6. The number of carbonyl (C=O) groups is 1. The summed E-state index contributed by atoms with van der Waals surface area (Å²) >= 11 is 0. The first-order valence-corrected chi connectivity index (χ1v) is 6.83. The second kappa shape index (κ2) is 5.95. The molecule has 0 atom stereocenters. The van der Waals surface area contributed by atoms with Gasteiger partial charge in [-0.15, -0.1) is 0 Å². The zero-order valence-electron chi connectivity index (χ0n) is 12.4. The summed E-state index contributed by atoms with van der Waals surface area (Å²) in [6, 6.07) is 7.84. The van der Waals surface area contributed by atoms with Crippen molar-refractivity contribution >= 4 is 5.97 Å². The van der Waals surface area contributed by atoms with Crippen LogP contribution in [0, 0.1) is 20.8 Å². The number of benzene rings is 1. The number of aryl methyl sites for hydroxylation is 3. The van der Waals surface area contributed by atoms with Gasteiger partial charge in [0.25, 0.3) is 0 Å². The molecule has 1 heterocycles. The van der Waals surface area contributed by atoms with Crippen LogP contribution in [0.4, 0.5) is 0 Å². The summed E-state index contributed by atoms with van der Waals surface area (Å²) in [5, 5.41) is 0. The van der Waals surface area contributed by atoms with Gasteiger partial charge in [0, 0.05) is 6.42 Å². The summed E-state index contributed by atoms with van der Waals surface area (Å²) < 4.78 is 10.5. The Morgan fingerprint density at radius 2 is 1.80 bits per heavy atom. The van der Waals surface area contributed by atoms with Crippen LogP contribution in [0.5, 0.6) is 0 Å². The van der Waals surface area contributed by atoms with Gasteiger partial charge in [0.2, 0.25) is 5.76 Å². The Balaban J connectivity index is 2.21. The molecular weight excluding hydrogens is 252 g/mol. The Morgan fingerprint density at radius 1 is 1.15 bits per heavy atom. The van der Waals surface area contributed by atoms with Crippen LogP contribution in [-0.2, 0) is 11.2 Å². The first-order chi connectivity index (χ1) is 9.51. The summed E-state index contributed by atoms with van der Waals surface area (Å²) in [7, 11) is 0. The number of furan rings is 1. The highest BCUT2D eigenvalue weighted by atomic mass is 16.5. The third-order valence-corrected chi connectivity index (χ3v) is 3.33. The van der Waals surface area contributed by atoms with Crippen molar-refractivity contribution in [1.29, 1.82) is 0 Å². The van der Waals surface area contributed by atoms with E-state index < -0.39 is 5.97 Å². The van der Waals surface area contributed by atoms with Gasteiger partial charge in [-0.1, -0.05) is 17.7 Å². The molecule has 1 aromatic heterocycles. The molecule has 0 saturated carbocycles. The Morgan fingerprint density at radius 3 is 2.40 bits per heavy atom. The quantitative estimate of drug-likeness (QED) is 0.790. The van der Waals surface area contributed by atoms with E-state index in [1.807, 2.05) is 6.07 Å². The van der Waals surface area contributed by atoms with E-state index in [4.69, 9.17) is 9.15 Å². The molecule has 2 rings (SSSR count). The van der Waals surface area contributed by atoms with Crippen molar-refractivity contribution in [2.45, 2.75) is 34.1 Å². The number of hydrogen-bond donors (Lipinski definition) is 0. The maximum Gasteiger partial charge on any atom is 0.374 e. The molecule has 20 heavy (non-hydrogen) atoms. The van der Waals surface area contributed by atoms with E-state index in [1.165, 1.54) is 22.3 Å². The highest BCUT2D eigenvalue weighted by Gasteiger charge is 2.13. The standard InChI is InChI=1S/C17H20O3/c1-5-19-17(18)16-7-6-14(20-16)10-15-12(3)8-11(2)9-13(15)4/h6-9H,5,10H2,1-4H3. The number of ether oxygens (including phenoxy) is 1. The van der Waals surface area contributed by atoms with Gasteiger partial charge in [-0.3, -0.25) is 0 Å². The van der Waals surface area contributed by atoms with Crippen LogP contribution in [0.15, 0.2) is 28.7 Å². The molecule has 0 aliphatic rings. The Kier molecular flexibility index (Phi) is 4.28. The van der Waals surface area contributed by atoms with Crippen molar-refractivity contribution in [3.05, 3.63) is 58.0 Å². The molecule has 0 aliphatic heterocycles. The van der Waals surface area contributed by atoms with E-state index in [1.54, 1.807) is 13.0 Å². The van der Waals surface area contributed by atoms with Crippen molar-refractivity contribution in [2.24, 2.45) is 0 Å². The summed E-state index contributed by atoms with van der Waals surface area (Å²) in [4.78, 5) is 11.6. The molecule has 0 aliphatic carbocycles. The monoisotopic (exact) mass is 272 g/mol. The van der Waals surface area contributed by atoms with Gasteiger partial charge < -0.3 is 9.15 Å². The second-order valence-corrected chi connectivity index (χ2v) is 5.04. The van der Waals surface area contributed by atoms with Gasteiger partial charge in [-0.05, 0) is 56.5 Å². The smallest absolute Gasteiger partial charge is 0.374 e. The van der Waals surface area contributed by atoms with Crippen LogP contribution >= 0.6 is 0 Å². The van der Waals surface area contributed by atoms with Gasteiger partial charge >= 0.3 is 5.97 Å². The van der Waals surface area contributed by atoms with E-state index in [0.717, 1.165) is 5.76 Å². The van der Waals surface area contributed by atoms with Gasteiger partial charge in [0.1, 0.15) is 5.76 Å². The van der Waals surface area contributed by atoms with Gasteiger partial charge in [-0.2, -0.15) is 0 Å². The van der Waals surface area contributed by atoms with E-state index in [9.17, 15) is 4.79 Å². The van der Waals surface area contributed by atoms with Crippen LogP contribution in [0.2, 0.25) is 0 Å². The molecule has 0 saturated heterocycles. The van der Waals surface area contributed by atoms with Crippen LogP contribution in [0.3, 0.4) is 0 Å². The SMILES string of the molecule is CCOC(=O)c1ccc(Cc2c(C)cc(C)cc2C)o1. The first kappa shape index (κ1) is 14.4. The fourth-order valence-corrected chi connectivity index (χ4v) is 2.45. The molecule has 0 bridgehead atoms. The fraction of sp³-hybridized carbons (Fsp3) is 0.353. The Bertz CT molecular complexity index is 600. The van der Waals surface area contributed by atoms with Crippen LogP contribution in [-0.4, -0.2) is 12.6 Å². The first-order valence-electron chi connectivity index (χ1n) is 6.83. The van der Waals surface area contributed by atoms with E-state index in [-0.39, 0.29) is 5.76 Å². The third kappa shape index (κ3) is 3.10. The molecule has 3 heteroatoms. The number of esters is 1. The lowest BCUT2D eigenvalue weighted by Crippen LogP contribution is -2.02. The predicted molar refractivity (Wildman–Crippen MR) is 78.1 cm³/mol. The molecule has 106 valence electrons. The maximum atomic E-state index is 11.6. The zero-order valence-corrected chi connectivity index (χ0v) is 12.4. The van der Waals surface area contributed by atoms with Crippen molar-refractivity contribution in [3.8, 4) is 0 Å². The molecule has 0 spiro atoms. The lowest BCUT2D eigenvalue weighted by atomic mass is 9.97. The minimum atomic E-state index is -0.406. The minimum absolute atomic E-state index is 0.268. The molecule has 0 unspecified atom stereocenters. The Labute approximate surface area is 119 Å². The van der Waals surface area contributed by atoms with Crippen molar-refractivity contribution in [1.82, 2.24) is 0 Å². The lowest BCUT2D eigenvalue weighted by molar-refractivity contribution is 0.0488. The molecule has 1 aromatic carbocycles. The fourth-order valence-electron chi connectivity index (χ4n) is 2.45. The van der Waals surface area contributed by atoms with Gasteiger partial charge in [-0.25, -0.2) is 4.79 Å². The number of rotatable bonds is 4. The molecule has 0 N–H and O–H groups in total. The van der Waals surface area contributed by atoms with Crippen molar-refractivity contribution in [2.75, 3.05) is 6.61 Å². The van der Waals surface area contributed by atoms with E-state index in [0.29, 0.717) is 13.0 Å². The summed E-state index contributed by atoms with van der Waals surface area (Å²) in [6.07, 6.45) is 0.692. The number of carbonyl (C=O) groups excluding carboxylic acids is 1. The Hall–Kier alpha value is -2.03. The van der Waals surface area contributed by atoms with Gasteiger partial charge in [0.15, 0.2) is 0 Å².